The van der Waals surface area contributed by atoms with Crippen LogP contribution in [0.15, 0.2) is 0 Å². The van der Waals surface area contributed by atoms with Crippen molar-refractivity contribution in [1.29, 1.82) is 0 Å². The summed E-state index contributed by atoms with van der Waals surface area (Å²) in [6, 6.07) is 0. The number of hydrogen-bond acceptors (Lipinski definition) is 4. The zero-order valence-electron chi connectivity index (χ0n) is 10.4. The lowest BCUT2D eigenvalue weighted by Crippen LogP contribution is -2.46. The van der Waals surface area contributed by atoms with Gasteiger partial charge in [-0.15, -0.1) is 0 Å². The van der Waals surface area contributed by atoms with E-state index in [4.69, 9.17) is 15.6 Å². The fourth-order valence-electron chi connectivity index (χ4n) is 2.66. The van der Waals surface area contributed by atoms with Gasteiger partial charge < -0.3 is 15.6 Å². The molecule has 3 N–H and O–H groups in total. The van der Waals surface area contributed by atoms with Gasteiger partial charge in [0.05, 0.1) is 12.2 Å². The first-order valence-electron chi connectivity index (χ1n) is 6.37. The molecule has 3 unspecified atom stereocenters. The Bertz CT molecular complexity index is 281. The van der Waals surface area contributed by atoms with Gasteiger partial charge in [0.1, 0.15) is 5.54 Å². The van der Waals surface area contributed by atoms with Crippen LogP contribution in [0, 0.1) is 0 Å². The number of morpholine rings is 1. The van der Waals surface area contributed by atoms with E-state index in [-0.39, 0.29) is 0 Å². The third kappa shape index (κ3) is 3.18. The van der Waals surface area contributed by atoms with E-state index >= 15 is 0 Å². The second kappa shape index (κ2) is 4.92. The first kappa shape index (κ1) is 12.8. The van der Waals surface area contributed by atoms with Gasteiger partial charge in [-0.3, -0.25) is 9.69 Å². The van der Waals surface area contributed by atoms with E-state index in [9.17, 15) is 4.79 Å². The number of carbonyl (C=O) groups is 1. The topological polar surface area (TPSA) is 75.8 Å². The van der Waals surface area contributed by atoms with Crippen LogP contribution in [0.1, 0.15) is 32.6 Å². The Balaban J connectivity index is 1.71. The largest absolute Gasteiger partial charge is 0.480 e. The van der Waals surface area contributed by atoms with Crippen molar-refractivity contribution in [3.05, 3.63) is 0 Å². The molecule has 0 radical (unpaired) electrons. The maximum absolute atomic E-state index is 10.9. The van der Waals surface area contributed by atoms with Crippen molar-refractivity contribution in [2.24, 2.45) is 5.73 Å². The fourth-order valence-corrected chi connectivity index (χ4v) is 2.66. The Morgan fingerprint density at radius 1 is 1.47 bits per heavy atom. The Morgan fingerprint density at radius 2 is 2.06 bits per heavy atom. The lowest BCUT2D eigenvalue weighted by molar-refractivity contribution is -0.143. The molecule has 0 saturated carbocycles. The molecule has 2 heterocycles. The number of fused-ring (bicyclic) bond motifs is 2. The van der Waals surface area contributed by atoms with Crippen molar-refractivity contribution in [2.75, 3.05) is 19.6 Å². The molecule has 17 heavy (non-hydrogen) atoms. The number of aliphatic carboxylic acids is 1. The predicted molar refractivity (Wildman–Crippen MR) is 63.8 cm³/mol. The number of carboxylic acids is 1. The molecular weight excluding hydrogens is 220 g/mol. The molecule has 2 bridgehead atoms. The van der Waals surface area contributed by atoms with E-state index in [0.29, 0.717) is 18.6 Å². The van der Waals surface area contributed by atoms with Crippen molar-refractivity contribution in [3.63, 3.8) is 0 Å². The summed E-state index contributed by atoms with van der Waals surface area (Å²) in [5.41, 5.74) is 4.61. The van der Waals surface area contributed by atoms with Crippen molar-refractivity contribution >= 4 is 5.97 Å². The minimum atomic E-state index is -1.09. The number of rotatable bonds is 5. The van der Waals surface area contributed by atoms with E-state index in [1.165, 1.54) is 12.8 Å². The maximum Gasteiger partial charge on any atom is 0.323 e. The first-order chi connectivity index (χ1) is 7.97. The van der Waals surface area contributed by atoms with Crippen LogP contribution in [-0.2, 0) is 9.53 Å². The van der Waals surface area contributed by atoms with Crippen molar-refractivity contribution in [3.8, 4) is 0 Å². The minimum absolute atomic E-state index is 0.400. The van der Waals surface area contributed by atoms with Crippen LogP contribution >= 0.6 is 0 Å². The summed E-state index contributed by atoms with van der Waals surface area (Å²) in [4.78, 5) is 13.2. The average molecular weight is 242 g/mol. The van der Waals surface area contributed by atoms with Gasteiger partial charge in [-0.1, -0.05) is 0 Å². The molecule has 2 aliphatic heterocycles. The lowest BCUT2D eigenvalue weighted by atomic mass is 9.97. The molecule has 3 atom stereocenters. The van der Waals surface area contributed by atoms with Crippen LogP contribution in [0.3, 0.4) is 0 Å². The number of nitrogens with two attached hydrogens (primary N) is 1. The standard InChI is InChI=1S/C12H22N2O3/c1-12(13,11(15)16)5-2-6-14-7-9-3-4-10(8-14)17-9/h9-10H,2-8,13H2,1H3,(H,15,16). The van der Waals surface area contributed by atoms with E-state index in [2.05, 4.69) is 4.90 Å². The highest BCUT2D eigenvalue weighted by Crippen LogP contribution is 2.26. The summed E-state index contributed by atoms with van der Waals surface area (Å²) in [6.07, 6.45) is 4.50. The summed E-state index contributed by atoms with van der Waals surface area (Å²) in [5, 5.41) is 8.91. The highest BCUT2D eigenvalue weighted by Gasteiger charge is 2.34. The van der Waals surface area contributed by atoms with E-state index in [0.717, 1.165) is 26.1 Å². The van der Waals surface area contributed by atoms with Gasteiger partial charge in [-0.2, -0.15) is 0 Å². The summed E-state index contributed by atoms with van der Waals surface area (Å²) in [5.74, 6) is -0.917. The predicted octanol–water partition coefficient (Wildman–Crippen LogP) is 0.432. The van der Waals surface area contributed by atoms with Gasteiger partial charge >= 0.3 is 5.97 Å². The quantitative estimate of drug-likeness (QED) is 0.731. The van der Waals surface area contributed by atoms with E-state index in [1.54, 1.807) is 6.92 Å². The molecule has 0 aromatic rings. The second-order valence-corrected chi connectivity index (χ2v) is 5.54. The summed E-state index contributed by atoms with van der Waals surface area (Å²) < 4.78 is 5.75. The number of hydrogen-bond donors (Lipinski definition) is 2. The molecule has 0 aliphatic carbocycles. The molecule has 5 heteroatoms. The van der Waals surface area contributed by atoms with Crippen molar-refractivity contribution in [1.82, 2.24) is 4.90 Å². The number of carboxylic acid groups (broad SMARTS) is 1. The Kier molecular flexibility index (Phi) is 3.70. The highest BCUT2D eigenvalue weighted by molar-refractivity contribution is 5.77. The molecule has 5 nitrogen and oxygen atoms in total. The average Bonchev–Trinajstić information content (AvgIpc) is 2.58. The van der Waals surface area contributed by atoms with Gasteiger partial charge in [-0.05, 0) is 39.2 Å². The molecule has 0 aromatic carbocycles. The van der Waals surface area contributed by atoms with Crippen LogP contribution < -0.4 is 5.73 Å². The van der Waals surface area contributed by atoms with Gasteiger partial charge in [0.2, 0.25) is 0 Å². The molecule has 0 amide bonds. The van der Waals surface area contributed by atoms with Crippen LogP contribution in [-0.4, -0.2) is 53.4 Å². The maximum atomic E-state index is 10.9. The van der Waals surface area contributed by atoms with Crippen LogP contribution in [0.5, 0.6) is 0 Å². The Hall–Kier alpha value is -0.650. The Morgan fingerprint density at radius 3 is 2.59 bits per heavy atom. The SMILES string of the molecule is CC(N)(CCCN1CC2CCC(C1)O2)C(=O)O. The highest BCUT2D eigenvalue weighted by atomic mass is 16.5. The van der Waals surface area contributed by atoms with Crippen LogP contribution in [0.2, 0.25) is 0 Å². The minimum Gasteiger partial charge on any atom is -0.480 e. The number of nitrogens with zero attached hydrogens (tertiary/aromatic N) is 1. The summed E-state index contributed by atoms with van der Waals surface area (Å²) in [7, 11) is 0. The summed E-state index contributed by atoms with van der Waals surface area (Å²) >= 11 is 0. The monoisotopic (exact) mass is 242 g/mol. The first-order valence-corrected chi connectivity index (χ1v) is 6.37. The zero-order valence-corrected chi connectivity index (χ0v) is 10.4. The molecular formula is C12H22N2O3. The van der Waals surface area contributed by atoms with Crippen LogP contribution in [0.25, 0.3) is 0 Å². The number of ether oxygens (including phenoxy) is 1. The Labute approximate surface area is 102 Å². The van der Waals surface area contributed by atoms with Crippen LogP contribution in [0.4, 0.5) is 0 Å². The van der Waals surface area contributed by atoms with Crippen molar-refractivity contribution in [2.45, 2.75) is 50.4 Å². The van der Waals surface area contributed by atoms with E-state index in [1.807, 2.05) is 0 Å². The van der Waals surface area contributed by atoms with Gasteiger partial charge in [0.25, 0.3) is 0 Å². The van der Waals surface area contributed by atoms with E-state index < -0.39 is 11.5 Å². The molecule has 2 fully saturated rings. The molecule has 0 spiro atoms. The molecule has 2 aliphatic rings. The van der Waals surface area contributed by atoms with Crippen molar-refractivity contribution < 1.29 is 14.6 Å². The van der Waals surface area contributed by atoms with Gasteiger partial charge in [0, 0.05) is 13.1 Å². The third-order valence-electron chi connectivity index (χ3n) is 3.78. The normalized spacial score (nSPS) is 32.4. The smallest absolute Gasteiger partial charge is 0.323 e. The fraction of sp³-hybridized carbons (Fsp3) is 0.917. The zero-order chi connectivity index (χ0) is 12.5. The molecule has 2 rings (SSSR count). The molecule has 2 saturated heterocycles. The second-order valence-electron chi connectivity index (χ2n) is 5.54. The molecule has 0 aromatic heterocycles. The third-order valence-corrected chi connectivity index (χ3v) is 3.78. The molecule has 98 valence electrons. The lowest BCUT2D eigenvalue weighted by Gasteiger charge is -2.32. The summed E-state index contributed by atoms with van der Waals surface area (Å²) in [6.45, 7) is 4.49. The van der Waals surface area contributed by atoms with Gasteiger partial charge in [0.15, 0.2) is 0 Å². The van der Waals surface area contributed by atoms with Gasteiger partial charge in [-0.25, -0.2) is 0 Å². The number of likely N-dealkylation sites (tertiary alicyclic amines) is 1.